The van der Waals surface area contributed by atoms with Crippen LogP contribution in [0.25, 0.3) is 5.69 Å². The smallest absolute Gasteiger partial charge is 0.348 e. The van der Waals surface area contributed by atoms with Crippen LogP contribution in [0.4, 0.5) is 17.6 Å². The lowest BCUT2D eigenvalue weighted by Gasteiger charge is -2.14. The maximum atomic E-state index is 13.2. The first-order valence-corrected chi connectivity index (χ1v) is 8.42. The molecule has 146 valence electrons. The summed E-state index contributed by atoms with van der Waals surface area (Å²) in [6.45, 7) is 3.41. The number of nitrogens with zero attached hydrogens (tertiary/aromatic N) is 2. The zero-order chi connectivity index (χ0) is 20.5. The Hall–Kier alpha value is -3.16. The molecular weight excluding hydrogens is 374 g/mol. The van der Waals surface area contributed by atoms with Gasteiger partial charge in [0.25, 0.3) is 5.91 Å². The minimum absolute atomic E-state index is 0.207. The second kappa shape index (κ2) is 7.46. The summed E-state index contributed by atoms with van der Waals surface area (Å²) in [5, 5.41) is 6.79. The normalized spacial score (nSPS) is 11.5. The van der Waals surface area contributed by atoms with Crippen LogP contribution in [0.3, 0.4) is 0 Å². The molecule has 0 atom stereocenters. The van der Waals surface area contributed by atoms with E-state index in [2.05, 4.69) is 10.4 Å². The monoisotopic (exact) mass is 391 g/mol. The molecule has 4 nitrogen and oxygen atoms in total. The Labute approximate surface area is 158 Å². The Kier molecular flexibility index (Phi) is 5.22. The topological polar surface area (TPSA) is 46.9 Å². The van der Waals surface area contributed by atoms with E-state index in [0.29, 0.717) is 11.6 Å². The van der Waals surface area contributed by atoms with Gasteiger partial charge in [-0.05, 0) is 61.9 Å². The van der Waals surface area contributed by atoms with E-state index in [0.717, 1.165) is 29.2 Å². The predicted octanol–water partition coefficient (Wildman–Crippen LogP) is 4.58. The zero-order valence-electron chi connectivity index (χ0n) is 15.1. The average Bonchev–Trinajstić information content (AvgIpc) is 2.98. The molecular formula is C20H17F4N3O. The van der Waals surface area contributed by atoms with Crippen LogP contribution in [0.5, 0.6) is 0 Å². The first kappa shape index (κ1) is 19.6. The molecule has 0 aliphatic carbocycles. The minimum Gasteiger partial charge on any atom is -0.348 e. The molecule has 1 aromatic heterocycles. The molecule has 3 aromatic rings. The number of alkyl halides is 3. The number of halogens is 4. The van der Waals surface area contributed by atoms with Crippen LogP contribution < -0.4 is 5.32 Å². The Morgan fingerprint density at radius 2 is 1.75 bits per heavy atom. The third-order valence-electron chi connectivity index (χ3n) is 4.20. The van der Waals surface area contributed by atoms with Gasteiger partial charge in [0.15, 0.2) is 0 Å². The molecule has 28 heavy (non-hydrogen) atoms. The van der Waals surface area contributed by atoms with E-state index >= 15 is 0 Å². The zero-order valence-corrected chi connectivity index (χ0v) is 15.1. The SMILES string of the molecule is Cc1cc(C)n(-c2ccc(C(=O)NCc3ccc(F)cc3C(F)(F)F)cc2)n1. The molecule has 0 fully saturated rings. The van der Waals surface area contributed by atoms with Crippen LogP contribution >= 0.6 is 0 Å². The van der Waals surface area contributed by atoms with Crippen molar-refractivity contribution in [2.24, 2.45) is 0 Å². The quantitative estimate of drug-likeness (QED) is 0.662. The van der Waals surface area contributed by atoms with Crippen LogP contribution in [0.2, 0.25) is 0 Å². The highest BCUT2D eigenvalue weighted by Gasteiger charge is 2.33. The van der Waals surface area contributed by atoms with Crippen molar-refractivity contribution in [3.63, 3.8) is 0 Å². The highest BCUT2D eigenvalue weighted by atomic mass is 19.4. The van der Waals surface area contributed by atoms with Crippen molar-refractivity contribution in [2.75, 3.05) is 0 Å². The fourth-order valence-corrected chi connectivity index (χ4v) is 2.89. The van der Waals surface area contributed by atoms with E-state index < -0.39 is 23.5 Å². The summed E-state index contributed by atoms with van der Waals surface area (Å²) in [4.78, 5) is 12.3. The van der Waals surface area contributed by atoms with Gasteiger partial charge in [-0.15, -0.1) is 0 Å². The molecule has 0 unspecified atom stereocenters. The van der Waals surface area contributed by atoms with Gasteiger partial charge in [0.05, 0.1) is 16.9 Å². The van der Waals surface area contributed by atoms with E-state index in [-0.39, 0.29) is 12.1 Å². The maximum absolute atomic E-state index is 13.2. The van der Waals surface area contributed by atoms with Crippen molar-refractivity contribution in [1.29, 1.82) is 0 Å². The summed E-state index contributed by atoms with van der Waals surface area (Å²) < 4.78 is 54.0. The Bertz CT molecular complexity index is 1010. The fraction of sp³-hybridized carbons (Fsp3) is 0.200. The Morgan fingerprint density at radius 1 is 1.07 bits per heavy atom. The predicted molar refractivity (Wildman–Crippen MR) is 95.6 cm³/mol. The van der Waals surface area contributed by atoms with Gasteiger partial charge in [-0.2, -0.15) is 18.3 Å². The van der Waals surface area contributed by atoms with Crippen molar-refractivity contribution in [1.82, 2.24) is 15.1 Å². The molecule has 0 saturated heterocycles. The summed E-state index contributed by atoms with van der Waals surface area (Å²) in [6, 6.07) is 10.8. The first-order valence-electron chi connectivity index (χ1n) is 8.42. The Morgan fingerprint density at radius 3 is 2.32 bits per heavy atom. The average molecular weight is 391 g/mol. The van der Waals surface area contributed by atoms with Gasteiger partial charge in [-0.3, -0.25) is 4.79 Å². The molecule has 1 N–H and O–H groups in total. The van der Waals surface area contributed by atoms with Crippen molar-refractivity contribution >= 4 is 5.91 Å². The van der Waals surface area contributed by atoms with Gasteiger partial charge >= 0.3 is 6.18 Å². The molecule has 0 bridgehead atoms. The molecule has 3 rings (SSSR count). The molecule has 0 aliphatic heterocycles. The molecule has 0 spiro atoms. The molecule has 8 heteroatoms. The van der Waals surface area contributed by atoms with Crippen LogP contribution in [-0.4, -0.2) is 15.7 Å². The number of hydrogen-bond donors (Lipinski definition) is 1. The molecule has 0 radical (unpaired) electrons. The minimum atomic E-state index is -4.70. The Balaban J connectivity index is 1.73. The van der Waals surface area contributed by atoms with Crippen LogP contribution in [-0.2, 0) is 12.7 Å². The van der Waals surface area contributed by atoms with Gasteiger partial charge in [-0.25, -0.2) is 9.07 Å². The number of aryl methyl sites for hydroxylation is 2. The lowest BCUT2D eigenvalue weighted by Crippen LogP contribution is -2.24. The molecule has 2 aromatic carbocycles. The number of amides is 1. The maximum Gasteiger partial charge on any atom is 0.416 e. The van der Waals surface area contributed by atoms with Crippen molar-refractivity contribution in [3.05, 3.63) is 82.4 Å². The highest BCUT2D eigenvalue weighted by Crippen LogP contribution is 2.32. The van der Waals surface area contributed by atoms with E-state index in [1.54, 1.807) is 28.9 Å². The van der Waals surface area contributed by atoms with Gasteiger partial charge in [0, 0.05) is 17.8 Å². The standard InChI is InChI=1S/C20H17F4N3O/c1-12-9-13(2)27(26-12)17-7-4-14(5-8-17)19(28)25-11-15-3-6-16(21)10-18(15)20(22,23)24/h3-10H,11H2,1-2H3,(H,25,28). The van der Waals surface area contributed by atoms with Crippen LogP contribution in [0.15, 0.2) is 48.5 Å². The summed E-state index contributed by atoms with van der Waals surface area (Å²) in [5.41, 5.74) is 1.54. The summed E-state index contributed by atoms with van der Waals surface area (Å²) in [6.07, 6.45) is -4.70. The number of aromatic nitrogens is 2. The number of hydrogen-bond acceptors (Lipinski definition) is 2. The van der Waals surface area contributed by atoms with Crippen molar-refractivity contribution < 1.29 is 22.4 Å². The van der Waals surface area contributed by atoms with Gasteiger partial charge in [0.2, 0.25) is 0 Å². The number of benzene rings is 2. The van der Waals surface area contributed by atoms with Gasteiger partial charge in [0.1, 0.15) is 5.82 Å². The van der Waals surface area contributed by atoms with Crippen molar-refractivity contribution in [2.45, 2.75) is 26.6 Å². The third-order valence-corrected chi connectivity index (χ3v) is 4.20. The first-order chi connectivity index (χ1) is 13.1. The van der Waals surface area contributed by atoms with E-state index in [4.69, 9.17) is 0 Å². The van der Waals surface area contributed by atoms with E-state index in [1.807, 2.05) is 19.9 Å². The van der Waals surface area contributed by atoms with E-state index in [9.17, 15) is 22.4 Å². The van der Waals surface area contributed by atoms with E-state index in [1.165, 1.54) is 0 Å². The largest absolute Gasteiger partial charge is 0.416 e. The number of carbonyl (C=O) groups is 1. The third kappa shape index (κ3) is 4.21. The lowest BCUT2D eigenvalue weighted by atomic mass is 10.1. The van der Waals surface area contributed by atoms with Crippen molar-refractivity contribution in [3.8, 4) is 5.69 Å². The second-order valence-electron chi connectivity index (χ2n) is 6.37. The molecule has 0 aliphatic rings. The lowest BCUT2D eigenvalue weighted by molar-refractivity contribution is -0.138. The molecule has 1 amide bonds. The highest BCUT2D eigenvalue weighted by molar-refractivity contribution is 5.94. The molecule has 0 saturated carbocycles. The van der Waals surface area contributed by atoms with Crippen LogP contribution in [0, 0.1) is 19.7 Å². The fourth-order valence-electron chi connectivity index (χ4n) is 2.89. The summed E-state index contributed by atoms with van der Waals surface area (Å²) >= 11 is 0. The second-order valence-corrected chi connectivity index (χ2v) is 6.37. The summed E-state index contributed by atoms with van der Waals surface area (Å²) in [5.74, 6) is -1.51. The van der Waals surface area contributed by atoms with Crippen LogP contribution in [0.1, 0.15) is 32.9 Å². The number of nitrogens with one attached hydrogen (secondary N) is 1. The summed E-state index contributed by atoms with van der Waals surface area (Å²) in [7, 11) is 0. The molecule has 1 heterocycles. The number of rotatable bonds is 4. The van der Waals surface area contributed by atoms with Gasteiger partial charge < -0.3 is 5.32 Å². The number of carbonyl (C=O) groups excluding carboxylic acids is 1. The van der Waals surface area contributed by atoms with Gasteiger partial charge in [-0.1, -0.05) is 6.07 Å².